The minimum Gasteiger partial charge on any atom is -0.438 e. The van der Waals surface area contributed by atoms with E-state index in [1.54, 1.807) is 12.3 Å². The number of hydrogen-bond donors (Lipinski definition) is 1. The molecule has 1 N–H and O–H groups in total. The lowest BCUT2D eigenvalue weighted by atomic mass is 9.87. The third-order valence-corrected chi connectivity index (χ3v) is 5.93. The van der Waals surface area contributed by atoms with Gasteiger partial charge in [-0.3, -0.25) is 14.0 Å². The van der Waals surface area contributed by atoms with E-state index in [1.807, 2.05) is 73.7 Å². The number of hydrogen-bond acceptors (Lipinski definition) is 5. The van der Waals surface area contributed by atoms with Gasteiger partial charge in [-0.1, -0.05) is 69.3 Å². The second kappa shape index (κ2) is 10.5. The van der Waals surface area contributed by atoms with Gasteiger partial charge < -0.3 is 10.1 Å². The van der Waals surface area contributed by atoms with Crippen molar-refractivity contribution in [2.24, 2.45) is 0 Å². The number of nitrogens with one attached hydrogen (secondary N) is 1. The summed E-state index contributed by atoms with van der Waals surface area (Å²) in [7, 11) is 0. The van der Waals surface area contributed by atoms with Gasteiger partial charge in [0.25, 0.3) is 11.5 Å². The lowest BCUT2D eigenvalue weighted by molar-refractivity contribution is -0.117. The van der Waals surface area contributed by atoms with Crippen molar-refractivity contribution in [3.8, 4) is 17.7 Å². The number of carbonyl (C=O) groups is 1. The second-order valence-electron chi connectivity index (χ2n) is 9.74. The third-order valence-electron chi connectivity index (χ3n) is 5.93. The van der Waals surface area contributed by atoms with Gasteiger partial charge in [0.2, 0.25) is 5.88 Å². The van der Waals surface area contributed by atoms with E-state index in [4.69, 9.17) is 4.74 Å². The van der Waals surface area contributed by atoms with Crippen LogP contribution in [0.3, 0.4) is 0 Å². The number of nitrogens with zero attached hydrogens (tertiary/aromatic N) is 3. The summed E-state index contributed by atoms with van der Waals surface area (Å²) in [5.41, 5.74) is 2.53. The molecule has 0 bridgehead atoms. The van der Waals surface area contributed by atoms with Crippen LogP contribution in [0.5, 0.6) is 11.6 Å². The van der Waals surface area contributed by atoms with Crippen LogP contribution in [0.25, 0.3) is 11.7 Å². The number of aromatic nitrogens is 2. The number of nitriles is 1. The van der Waals surface area contributed by atoms with E-state index >= 15 is 0 Å². The fourth-order valence-corrected chi connectivity index (χ4v) is 3.79. The number of aryl methyl sites for hydroxylation is 1. The number of carbonyl (C=O) groups excluding carboxylic acids is 1. The first-order valence-corrected chi connectivity index (χ1v) is 11.9. The van der Waals surface area contributed by atoms with Crippen LogP contribution in [0.1, 0.15) is 43.0 Å². The van der Waals surface area contributed by atoms with Gasteiger partial charge in [-0.25, -0.2) is 0 Å². The normalized spacial score (nSPS) is 11.7. The Morgan fingerprint density at radius 2 is 1.78 bits per heavy atom. The molecule has 0 radical (unpaired) electrons. The number of benzene rings is 2. The van der Waals surface area contributed by atoms with Crippen LogP contribution >= 0.6 is 0 Å². The first kappa shape index (κ1) is 25.4. The summed E-state index contributed by atoms with van der Waals surface area (Å²) < 4.78 is 7.45. The molecule has 4 aromatic rings. The molecule has 0 aliphatic carbocycles. The Labute approximate surface area is 215 Å². The van der Waals surface area contributed by atoms with E-state index in [2.05, 4.69) is 31.1 Å². The predicted molar refractivity (Wildman–Crippen MR) is 143 cm³/mol. The fourth-order valence-electron chi connectivity index (χ4n) is 3.79. The number of fused-ring (bicyclic) bond motifs is 1. The zero-order valence-electron chi connectivity index (χ0n) is 21.3. The molecule has 0 fully saturated rings. The number of rotatable bonds is 6. The average molecular weight is 493 g/mol. The SMILES string of the molecule is Cc1cccn2c(=O)c(/C=C(\C#N)C(=O)NCc3ccccc3)c(Oc3ccc(C(C)(C)C)cc3)nc12. The smallest absolute Gasteiger partial charge is 0.269 e. The molecule has 1 amide bonds. The molecule has 0 saturated heterocycles. The number of amides is 1. The number of pyridine rings is 1. The molecule has 2 heterocycles. The highest BCUT2D eigenvalue weighted by Crippen LogP contribution is 2.28. The van der Waals surface area contributed by atoms with Gasteiger partial charge in [0.1, 0.15) is 28.6 Å². The van der Waals surface area contributed by atoms with Crippen LogP contribution in [0.4, 0.5) is 0 Å². The minimum atomic E-state index is -0.597. The molecule has 0 aliphatic heterocycles. The Morgan fingerprint density at radius 1 is 1.08 bits per heavy atom. The summed E-state index contributed by atoms with van der Waals surface area (Å²) in [6, 6.07) is 22.4. The van der Waals surface area contributed by atoms with Crippen LogP contribution < -0.4 is 15.6 Å². The molecule has 0 spiro atoms. The number of ether oxygens (including phenoxy) is 1. The maximum absolute atomic E-state index is 13.5. The monoisotopic (exact) mass is 492 g/mol. The molecule has 0 atom stereocenters. The molecule has 7 heteroatoms. The van der Waals surface area contributed by atoms with E-state index in [1.165, 1.54) is 10.5 Å². The van der Waals surface area contributed by atoms with Crippen LogP contribution in [0.15, 0.2) is 83.3 Å². The largest absolute Gasteiger partial charge is 0.438 e. The summed E-state index contributed by atoms with van der Waals surface area (Å²) in [5.74, 6) is -0.0912. The summed E-state index contributed by atoms with van der Waals surface area (Å²) in [5, 5.41) is 12.5. The van der Waals surface area contributed by atoms with Gasteiger partial charge in [0.15, 0.2) is 0 Å². The van der Waals surface area contributed by atoms with Crippen molar-refractivity contribution in [3.63, 3.8) is 0 Å². The molecular weight excluding hydrogens is 464 g/mol. The molecule has 0 saturated carbocycles. The highest BCUT2D eigenvalue weighted by atomic mass is 16.5. The van der Waals surface area contributed by atoms with E-state index < -0.39 is 11.5 Å². The summed E-state index contributed by atoms with van der Waals surface area (Å²) in [6.45, 7) is 8.44. The Balaban J connectivity index is 1.75. The molecule has 0 unspecified atom stereocenters. The van der Waals surface area contributed by atoms with E-state index in [-0.39, 0.29) is 29.0 Å². The third kappa shape index (κ3) is 5.76. The van der Waals surface area contributed by atoms with Gasteiger partial charge in [0.05, 0.1) is 0 Å². The van der Waals surface area contributed by atoms with Crippen LogP contribution in [-0.2, 0) is 16.8 Å². The van der Waals surface area contributed by atoms with E-state index in [0.29, 0.717) is 11.4 Å². The first-order chi connectivity index (χ1) is 17.7. The minimum absolute atomic E-state index is 0.00871. The Kier molecular flexibility index (Phi) is 7.21. The van der Waals surface area contributed by atoms with Crippen molar-refractivity contribution < 1.29 is 9.53 Å². The summed E-state index contributed by atoms with van der Waals surface area (Å²) in [4.78, 5) is 30.9. The zero-order chi connectivity index (χ0) is 26.6. The lowest BCUT2D eigenvalue weighted by Gasteiger charge is -2.19. The summed E-state index contributed by atoms with van der Waals surface area (Å²) >= 11 is 0. The average Bonchev–Trinajstić information content (AvgIpc) is 2.88. The van der Waals surface area contributed by atoms with Crippen LogP contribution in [0, 0.1) is 18.3 Å². The second-order valence-corrected chi connectivity index (χ2v) is 9.74. The molecule has 0 aliphatic rings. The quantitative estimate of drug-likeness (QED) is 0.290. The molecule has 37 heavy (non-hydrogen) atoms. The standard InChI is InChI=1S/C30H28N4O3/c1-20-9-8-16-34-26(20)33-28(37-24-14-12-23(13-15-24)30(2,3)4)25(29(34)36)17-22(18-31)27(35)32-19-21-10-6-5-7-11-21/h5-17H,19H2,1-4H3,(H,32,35)/b22-17+. The fraction of sp³-hybridized carbons (Fsp3) is 0.200. The summed E-state index contributed by atoms with van der Waals surface area (Å²) in [6.07, 6.45) is 2.84. The van der Waals surface area contributed by atoms with Gasteiger partial charge >= 0.3 is 0 Å². The van der Waals surface area contributed by atoms with Gasteiger partial charge in [-0.2, -0.15) is 10.2 Å². The molecule has 186 valence electrons. The van der Waals surface area contributed by atoms with E-state index in [0.717, 1.165) is 16.7 Å². The molecular formula is C30H28N4O3. The maximum atomic E-state index is 13.5. The first-order valence-electron chi connectivity index (χ1n) is 11.9. The Hall–Kier alpha value is -4.70. The van der Waals surface area contributed by atoms with Crippen molar-refractivity contribution in [2.75, 3.05) is 0 Å². The lowest BCUT2D eigenvalue weighted by Crippen LogP contribution is -2.25. The Bertz CT molecular complexity index is 1570. The van der Waals surface area contributed by atoms with Crippen molar-refractivity contribution in [2.45, 2.75) is 39.7 Å². The topological polar surface area (TPSA) is 96.5 Å². The van der Waals surface area contributed by atoms with Crippen molar-refractivity contribution in [1.29, 1.82) is 5.26 Å². The Morgan fingerprint density at radius 3 is 2.43 bits per heavy atom. The van der Waals surface area contributed by atoms with Crippen molar-refractivity contribution in [1.82, 2.24) is 14.7 Å². The highest BCUT2D eigenvalue weighted by molar-refractivity contribution is 6.01. The molecule has 7 nitrogen and oxygen atoms in total. The van der Waals surface area contributed by atoms with Gasteiger partial charge in [0, 0.05) is 12.7 Å². The predicted octanol–water partition coefficient (Wildman–Crippen LogP) is 5.32. The molecule has 2 aromatic heterocycles. The van der Waals surface area contributed by atoms with Crippen molar-refractivity contribution >= 4 is 17.6 Å². The van der Waals surface area contributed by atoms with Crippen LogP contribution in [-0.4, -0.2) is 15.3 Å². The van der Waals surface area contributed by atoms with Gasteiger partial charge in [-0.15, -0.1) is 0 Å². The molecule has 4 rings (SSSR count). The van der Waals surface area contributed by atoms with Gasteiger partial charge in [-0.05, 0) is 53.3 Å². The maximum Gasteiger partial charge on any atom is 0.269 e. The van der Waals surface area contributed by atoms with Crippen molar-refractivity contribution in [3.05, 3.63) is 111 Å². The zero-order valence-corrected chi connectivity index (χ0v) is 21.3. The highest BCUT2D eigenvalue weighted by Gasteiger charge is 2.19. The van der Waals surface area contributed by atoms with E-state index in [9.17, 15) is 14.9 Å². The molecule has 2 aromatic carbocycles. The van der Waals surface area contributed by atoms with Crippen LogP contribution in [0.2, 0.25) is 0 Å².